The Balaban J connectivity index is 1.96. The third-order valence-corrected chi connectivity index (χ3v) is 4.59. The van der Waals surface area contributed by atoms with Crippen molar-refractivity contribution in [1.29, 1.82) is 0 Å². The van der Waals surface area contributed by atoms with Crippen LogP contribution in [-0.4, -0.2) is 37.8 Å². The topological polar surface area (TPSA) is 74.2 Å². The largest absolute Gasteiger partial charge is 0.506 e. The molecule has 3 rings (SSSR count). The van der Waals surface area contributed by atoms with Gasteiger partial charge in [0.15, 0.2) is 17.3 Å². The fourth-order valence-corrected chi connectivity index (χ4v) is 3.09. The molecule has 0 radical (unpaired) electrons. The van der Waals surface area contributed by atoms with Crippen molar-refractivity contribution in [2.75, 3.05) is 21.3 Å². The normalized spacial score (nSPS) is 14.2. The van der Waals surface area contributed by atoms with E-state index in [-0.39, 0.29) is 17.1 Å². The van der Waals surface area contributed by atoms with Gasteiger partial charge in [-0.1, -0.05) is 12.1 Å². The first-order valence-electron chi connectivity index (χ1n) is 9.06. The lowest BCUT2D eigenvalue weighted by Crippen LogP contribution is -2.27. The van der Waals surface area contributed by atoms with Gasteiger partial charge < -0.3 is 24.1 Å². The Hall–Kier alpha value is -3.41. The van der Waals surface area contributed by atoms with Crippen molar-refractivity contribution >= 4 is 17.9 Å². The lowest BCUT2D eigenvalue weighted by molar-refractivity contribution is 0.104. The summed E-state index contributed by atoms with van der Waals surface area (Å²) in [6.45, 7) is 3.81. The summed E-state index contributed by atoms with van der Waals surface area (Å²) in [6, 6.07) is 6.93. The zero-order chi connectivity index (χ0) is 21.2. The zero-order valence-corrected chi connectivity index (χ0v) is 17.1. The number of hydrogen-bond donors (Lipinski definition) is 1. The van der Waals surface area contributed by atoms with Crippen LogP contribution in [0.25, 0.3) is 12.2 Å². The van der Waals surface area contributed by atoms with E-state index in [1.807, 2.05) is 19.9 Å². The summed E-state index contributed by atoms with van der Waals surface area (Å²) in [4.78, 5) is 12.9. The van der Waals surface area contributed by atoms with Crippen LogP contribution in [0.4, 0.5) is 0 Å². The average Bonchev–Trinajstić information content (AvgIpc) is 2.70. The molecule has 2 aromatic carbocycles. The first kappa shape index (κ1) is 20.3. The number of phenols is 1. The number of fused-ring (bicyclic) bond motifs is 1. The predicted molar refractivity (Wildman–Crippen MR) is 111 cm³/mol. The molecule has 0 atom stereocenters. The summed E-state index contributed by atoms with van der Waals surface area (Å²) in [5.74, 6) is 1.30. The van der Waals surface area contributed by atoms with Gasteiger partial charge in [0.05, 0.1) is 26.9 Å². The van der Waals surface area contributed by atoms with Gasteiger partial charge in [-0.15, -0.1) is 0 Å². The van der Waals surface area contributed by atoms with Crippen LogP contribution in [0.2, 0.25) is 0 Å². The molecule has 0 saturated heterocycles. The molecule has 1 aliphatic heterocycles. The average molecular weight is 396 g/mol. The Morgan fingerprint density at radius 1 is 1.03 bits per heavy atom. The van der Waals surface area contributed by atoms with E-state index in [1.54, 1.807) is 50.6 Å². The van der Waals surface area contributed by atoms with Crippen LogP contribution in [0.5, 0.6) is 28.7 Å². The maximum atomic E-state index is 12.9. The molecule has 0 saturated carbocycles. The van der Waals surface area contributed by atoms with Crippen molar-refractivity contribution in [3.63, 3.8) is 0 Å². The Kier molecular flexibility index (Phi) is 5.55. The lowest BCUT2D eigenvalue weighted by atomic mass is 9.97. The fourth-order valence-electron chi connectivity index (χ4n) is 3.09. The highest BCUT2D eigenvalue weighted by Crippen LogP contribution is 2.43. The molecule has 6 nitrogen and oxygen atoms in total. The first-order chi connectivity index (χ1) is 13.8. The van der Waals surface area contributed by atoms with E-state index in [0.717, 1.165) is 5.56 Å². The third kappa shape index (κ3) is 4.06. The molecule has 2 aromatic rings. The number of hydrogen-bond acceptors (Lipinski definition) is 6. The van der Waals surface area contributed by atoms with Crippen molar-refractivity contribution in [2.24, 2.45) is 0 Å². The molecule has 29 heavy (non-hydrogen) atoms. The summed E-state index contributed by atoms with van der Waals surface area (Å²) in [6.07, 6.45) is 6.60. The van der Waals surface area contributed by atoms with Crippen LogP contribution < -0.4 is 18.9 Å². The number of benzene rings is 2. The second-order valence-electron chi connectivity index (χ2n) is 7.07. The monoisotopic (exact) mass is 396 g/mol. The van der Waals surface area contributed by atoms with Crippen molar-refractivity contribution in [3.8, 4) is 28.7 Å². The van der Waals surface area contributed by atoms with Gasteiger partial charge in [-0.05, 0) is 49.8 Å². The van der Waals surface area contributed by atoms with Gasteiger partial charge >= 0.3 is 0 Å². The second-order valence-corrected chi connectivity index (χ2v) is 7.07. The molecule has 1 aliphatic rings. The van der Waals surface area contributed by atoms with E-state index in [9.17, 15) is 9.90 Å². The van der Waals surface area contributed by atoms with E-state index in [1.165, 1.54) is 13.2 Å². The minimum atomic E-state index is -0.511. The highest BCUT2D eigenvalue weighted by atomic mass is 16.5. The number of ketones is 1. The molecule has 152 valence electrons. The standard InChI is InChI=1S/C23H24O6/c1-23(2)11-10-15-18(29-23)13-20(28-5)21(22(15)25)16(24)8-6-14-7-9-17(26-3)19(12-14)27-4/h6-13,25H,1-5H3/b8-6+. The van der Waals surface area contributed by atoms with Gasteiger partial charge in [0, 0.05) is 6.07 Å². The van der Waals surface area contributed by atoms with Gasteiger partial charge in [0.1, 0.15) is 28.4 Å². The smallest absolute Gasteiger partial charge is 0.193 e. The highest BCUT2D eigenvalue weighted by Gasteiger charge is 2.28. The molecule has 0 unspecified atom stereocenters. The molecule has 6 heteroatoms. The maximum absolute atomic E-state index is 12.9. The number of rotatable bonds is 6. The van der Waals surface area contributed by atoms with Crippen molar-refractivity contribution < 1.29 is 28.8 Å². The summed E-state index contributed by atoms with van der Waals surface area (Å²) < 4.78 is 21.7. The molecule has 0 fully saturated rings. The van der Waals surface area contributed by atoms with Gasteiger partial charge in [-0.2, -0.15) is 0 Å². The van der Waals surface area contributed by atoms with E-state index >= 15 is 0 Å². The summed E-state index contributed by atoms with van der Waals surface area (Å²) in [7, 11) is 4.55. The molecular weight excluding hydrogens is 372 g/mol. The molecule has 0 spiro atoms. The molecule has 0 bridgehead atoms. The maximum Gasteiger partial charge on any atom is 0.193 e. The Labute approximate surface area is 170 Å². The summed E-state index contributed by atoms with van der Waals surface area (Å²) in [5, 5.41) is 10.7. The van der Waals surface area contributed by atoms with Gasteiger partial charge in [-0.3, -0.25) is 4.79 Å². The van der Waals surface area contributed by atoms with Crippen LogP contribution in [0.15, 0.2) is 36.4 Å². The Bertz CT molecular complexity index is 1000. The molecule has 0 amide bonds. The predicted octanol–water partition coefficient (Wildman–Crippen LogP) is 4.50. The number of carbonyl (C=O) groups excluding carboxylic acids is 1. The minimum absolute atomic E-state index is 0.0796. The zero-order valence-electron chi connectivity index (χ0n) is 17.1. The number of aromatic hydroxyl groups is 1. The highest BCUT2D eigenvalue weighted by molar-refractivity contribution is 6.11. The van der Waals surface area contributed by atoms with E-state index in [2.05, 4.69) is 0 Å². The van der Waals surface area contributed by atoms with Gasteiger partial charge in [0.25, 0.3) is 0 Å². The van der Waals surface area contributed by atoms with Crippen molar-refractivity contribution in [3.05, 3.63) is 53.1 Å². The van der Waals surface area contributed by atoms with Crippen LogP contribution in [0.3, 0.4) is 0 Å². The number of ether oxygens (including phenoxy) is 4. The lowest BCUT2D eigenvalue weighted by Gasteiger charge is -2.29. The van der Waals surface area contributed by atoms with Crippen molar-refractivity contribution in [2.45, 2.75) is 19.4 Å². The van der Waals surface area contributed by atoms with Gasteiger partial charge in [0.2, 0.25) is 0 Å². The molecule has 1 heterocycles. The van der Waals surface area contributed by atoms with Crippen LogP contribution in [0.1, 0.15) is 35.3 Å². The Morgan fingerprint density at radius 3 is 2.38 bits per heavy atom. The third-order valence-electron chi connectivity index (χ3n) is 4.59. The van der Waals surface area contributed by atoms with Gasteiger partial charge in [-0.25, -0.2) is 0 Å². The van der Waals surface area contributed by atoms with E-state index < -0.39 is 11.4 Å². The van der Waals surface area contributed by atoms with E-state index in [0.29, 0.717) is 22.8 Å². The van der Waals surface area contributed by atoms with Crippen LogP contribution >= 0.6 is 0 Å². The van der Waals surface area contributed by atoms with Crippen molar-refractivity contribution in [1.82, 2.24) is 0 Å². The fraction of sp³-hybridized carbons (Fsp3) is 0.261. The number of methoxy groups -OCH3 is 3. The number of phenolic OH excluding ortho intramolecular Hbond substituents is 1. The summed E-state index contributed by atoms with van der Waals surface area (Å²) in [5.41, 5.74) is 0.768. The van der Waals surface area contributed by atoms with Crippen LogP contribution in [-0.2, 0) is 0 Å². The molecule has 0 aromatic heterocycles. The number of allylic oxidation sites excluding steroid dienone is 1. The number of carbonyl (C=O) groups is 1. The Morgan fingerprint density at radius 2 is 1.72 bits per heavy atom. The first-order valence-corrected chi connectivity index (χ1v) is 9.06. The molecule has 0 aliphatic carbocycles. The summed E-state index contributed by atoms with van der Waals surface area (Å²) >= 11 is 0. The van der Waals surface area contributed by atoms with Crippen LogP contribution in [0, 0.1) is 0 Å². The quantitative estimate of drug-likeness (QED) is 0.573. The SMILES string of the molecule is COc1ccc(/C=C/C(=O)c2c(OC)cc3c(c2O)C=CC(C)(C)O3)cc1OC. The molecular formula is C23H24O6. The van der Waals surface area contributed by atoms with E-state index in [4.69, 9.17) is 18.9 Å². The molecule has 1 N–H and O–H groups in total. The minimum Gasteiger partial charge on any atom is -0.506 e. The second kappa shape index (κ2) is 7.91.